The first-order valence-corrected chi connectivity index (χ1v) is 5.47. The van der Waals surface area contributed by atoms with Crippen molar-refractivity contribution < 1.29 is 14.3 Å². The van der Waals surface area contributed by atoms with Crippen molar-refractivity contribution in [3.05, 3.63) is 42.0 Å². The summed E-state index contributed by atoms with van der Waals surface area (Å²) in [5.41, 5.74) is 0.812. The van der Waals surface area contributed by atoms with Crippen molar-refractivity contribution in [2.24, 2.45) is 5.92 Å². The number of carboxylic acids is 1. The Balaban J connectivity index is 2.21. The van der Waals surface area contributed by atoms with Crippen LogP contribution in [-0.2, 0) is 11.2 Å². The Morgan fingerprint density at radius 2 is 2.22 bits per heavy atom. The number of carboxylic acid groups (broad SMARTS) is 1. The maximum atomic E-state index is 13.5. The van der Waals surface area contributed by atoms with Crippen LogP contribution in [0.5, 0.6) is 0 Å². The number of aliphatic carboxylic acids is 1. The largest absolute Gasteiger partial charge is 0.481 e. The Labute approximate surface area is 103 Å². The Morgan fingerprint density at radius 3 is 2.89 bits per heavy atom. The fourth-order valence-corrected chi connectivity index (χ4v) is 1.55. The van der Waals surface area contributed by atoms with E-state index < -0.39 is 17.7 Å². The molecule has 2 rings (SSSR count). The molecule has 0 aliphatic carbocycles. The molecule has 0 spiro atoms. The van der Waals surface area contributed by atoms with Crippen LogP contribution in [-0.4, -0.2) is 26.1 Å². The van der Waals surface area contributed by atoms with Gasteiger partial charge in [-0.2, -0.15) is 0 Å². The van der Waals surface area contributed by atoms with E-state index in [1.54, 1.807) is 25.1 Å². The van der Waals surface area contributed by atoms with Crippen LogP contribution in [0.25, 0.3) is 5.69 Å². The average molecular weight is 249 g/mol. The molecule has 0 saturated carbocycles. The second kappa shape index (κ2) is 4.95. The van der Waals surface area contributed by atoms with Gasteiger partial charge >= 0.3 is 5.97 Å². The second-order valence-corrected chi connectivity index (χ2v) is 4.05. The van der Waals surface area contributed by atoms with E-state index >= 15 is 0 Å². The van der Waals surface area contributed by atoms with Gasteiger partial charge in [-0.25, -0.2) is 9.07 Å². The predicted octanol–water partition coefficient (Wildman–Crippen LogP) is 1.67. The van der Waals surface area contributed by atoms with Crippen molar-refractivity contribution in [1.82, 2.24) is 15.0 Å². The summed E-state index contributed by atoms with van der Waals surface area (Å²) in [5.74, 6) is -1.84. The molecule has 1 unspecified atom stereocenters. The van der Waals surface area contributed by atoms with Crippen LogP contribution < -0.4 is 0 Å². The molecule has 6 heteroatoms. The van der Waals surface area contributed by atoms with E-state index in [0.29, 0.717) is 11.4 Å². The normalized spacial score (nSPS) is 12.3. The molecule has 1 atom stereocenters. The number of nitrogens with zero attached hydrogens (tertiary/aromatic N) is 3. The van der Waals surface area contributed by atoms with Gasteiger partial charge in [0.05, 0.1) is 17.8 Å². The third-order valence-corrected chi connectivity index (χ3v) is 2.58. The van der Waals surface area contributed by atoms with Gasteiger partial charge in [0.25, 0.3) is 0 Å². The third-order valence-electron chi connectivity index (χ3n) is 2.58. The molecule has 0 aliphatic rings. The molecule has 1 aromatic carbocycles. The van der Waals surface area contributed by atoms with Crippen molar-refractivity contribution in [3.8, 4) is 5.69 Å². The Bertz CT molecular complexity index is 568. The zero-order valence-electron chi connectivity index (χ0n) is 9.75. The van der Waals surface area contributed by atoms with Gasteiger partial charge in [-0.3, -0.25) is 4.79 Å². The minimum absolute atomic E-state index is 0.268. The highest BCUT2D eigenvalue weighted by Gasteiger charge is 2.14. The SMILES string of the molecule is CC(Cc1cn(-c2ccccc2F)nn1)C(=O)O. The molecular formula is C12H12FN3O2. The number of hydrogen-bond acceptors (Lipinski definition) is 3. The molecule has 0 bridgehead atoms. The monoisotopic (exact) mass is 249 g/mol. The van der Waals surface area contributed by atoms with Crippen molar-refractivity contribution in [3.63, 3.8) is 0 Å². The molecule has 5 nitrogen and oxygen atoms in total. The van der Waals surface area contributed by atoms with E-state index in [1.807, 2.05) is 0 Å². The molecule has 0 radical (unpaired) electrons. The standard InChI is InChI=1S/C12H12FN3O2/c1-8(12(17)18)6-9-7-16(15-14-9)11-5-3-2-4-10(11)13/h2-5,7-8H,6H2,1H3,(H,17,18). The summed E-state index contributed by atoms with van der Waals surface area (Å²) >= 11 is 0. The highest BCUT2D eigenvalue weighted by Crippen LogP contribution is 2.13. The number of rotatable bonds is 4. The molecule has 2 aromatic rings. The summed E-state index contributed by atoms with van der Waals surface area (Å²) in [6.45, 7) is 1.59. The molecule has 0 fully saturated rings. The van der Waals surface area contributed by atoms with Crippen molar-refractivity contribution in [1.29, 1.82) is 0 Å². The van der Waals surface area contributed by atoms with Crippen molar-refractivity contribution in [2.45, 2.75) is 13.3 Å². The summed E-state index contributed by atoms with van der Waals surface area (Å²) in [5, 5.41) is 16.4. The lowest BCUT2D eigenvalue weighted by atomic mass is 10.1. The molecule has 1 N–H and O–H groups in total. The van der Waals surface area contributed by atoms with Gasteiger partial charge in [0.15, 0.2) is 0 Å². The number of benzene rings is 1. The number of para-hydroxylation sites is 1. The van der Waals surface area contributed by atoms with Crippen LogP contribution in [0.4, 0.5) is 4.39 Å². The van der Waals surface area contributed by atoms with Crippen LogP contribution in [0.2, 0.25) is 0 Å². The Hall–Kier alpha value is -2.24. The molecule has 1 aromatic heterocycles. The molecule has 1 heterocycles. The fourth-order valence-electron chi connectivity index (χ4n) is 1.55. The van der Waals surface area contributed by atoms with E-state index in [-0.39, 0.29) is 6.42 Å². The smallest absolute Gasteiger partial charge is 0.306 e. The average Bonchev–Trinajstić information content (AvgIpc) is 2.77. The van der Waals surface area contributed by atoms with Gasteiger partial charge in [-0.15, -0.1) is 5.10 Å². The second-order valence-electron chi connectivity index (χ2n) is 4.05. The highest BCUT2D eigenvalue weighted by molar-refractivity contribution is 5.69. The minimum Gasteiger partial charge on any atom is -0.481 e. The van der Waals surface area contributed by atoms with Gasteiger partial charge in [0, 0.05) is 6.42 Å². The minimum atomic E-state index is -0.893. The van der Waals surface area contributed by atoms with Gasteiger partial charge in [0.1, 0.15) is 11.5 Å². The third kappa shape index (κ3) is 2.53. The van der Waals surface area contributed by atoms with Gasteiger partial charge < -0.3 is 5.11 Å². The topological polar surface area (TPSA) is 68.0 Å². The lowest BCUT2D eigenvalue weighted by Crippen LogP contribution is -2.12. The molecular weight excluding hydrogens is 237 g/mol. The lowest BCUT2D eigenvalue weighted by molar-refractivity contribution is -0.141. The summed E-state index contributed by atoms with van der Waals surface area (Å²) in [6, 6.07) is 6.19. The predicted molar refractivity (Wildman–Crippen MR) is 61.8 cm³/mol. The van der Waals surface area contributed by atoms with E-state index in [2.05, 4.69) is 10.3 Å². The summed E-state index contributed by atoms with van der Waals surface area (Å²) in [7, 11) is 0. The Morgan fingerprint density at radius 1 is 1.50 bits per heavy atom. The molecule has 0 amide bonds. The molecule has 18 heavy (non-hydrogen) atoms. The zero-order valence-corrected chi connectivity index (χ0v) is 9.75. The highest BCUT2D eigenvalue weighted by atomic mass is 19.1. The summed E-state index contributed by atoms with van der Waals surface area (Å²) < 4.78 is 14.8. The van der Waals surface area contributed by atoms with Crippen LogP contribution in [0, 0.1) is 11.7 Å². The number of aromatic nitrogens is 3. The van der Waals surface area contributed by atoms with Gasteiger partial charge in [-0.05, 0) is 12.1 Å². The maximum absolute atomic E-state index is 13.5. The van der Waals surface area contributed by atoms with E-state index in [1.165, 1.54) is 16.9 Å². The first kappa shape index (κ1) is 12.2. The first-order valence-electron chi connectivity index (χ1n) is 5.47. The molecule has 94 valence electrons. The lowest BCUT2D eigenvalue weighted by Gasteiger charge is -2.02. The van der Waals surface area contributed by atoms with Gasteiger partial charge in [0.2, 0.25) is 0 Å². The van der Waals surface area contributed by atoms with E-state index in [0.717, 1.165) is 0 Å². The Kier molecular flexibility index (Phi) is 3.36. The molecule has 0 aliphatic heterocycles. The van der Waals surface area contributed by atoms with Crippen molar-refractivity contribution >= 4 is 5.97 Å². The quantitative estimate of drug-likeness (QED) is 0.894. The van der Waals surface area contributed by atoms with Crippen LogP contribution in [0.15, 0.2) is 30.5 Å². The fraction of sp³-hybridized carbons (Fsp3) is 0.250. The van der Waals surface area contributed by atoms with Gasteiger partial charge in [-0.1, -0.05) is 24.3 Å². The van der Waals surface area contributed by atoms with Crippen molar-refractivity contribution in [2.75, 3.05) is 0 Å². The van der Waals surface area contributed by atoms with Crippen LogP contribution in [0.3, 0.4) is 0 Å². The zero-order chi connectivity index (χ0) is 13.1. The number of hydrogen-bond donors (Lipinski definition) is 1. The van der Waals surface area contributed by atoms with E-state index in [4.69, 9.17) is 5.11 Å². The van der Waals surface area contributed by atoms with E-state index in [9.17, 15) is 9.18 Å². The summed E-state index contributed by atoms with van der Waals surface area (Å²) in [4.78, 5) is 10.7. The number of halogens is 1. The summed E-state index contributed by atoms with van der Waals surface area (Å²) in [6.07, 6.45) is 1.81. The van der Waals surface area contributed by atoms with Crippen LogP contribution in [0.1, 0.15) is 12.6 Å². The maximum Gasteiger partial charge on any atom is 0.306 e. The van der Waals surface area contributed by atoms with Crippen LogP contribution >= 0.6 is 0 Å². The molecule has 0 saturated heterocycles. The number of carbonyl (C=O) groups is 1. The first-order chi connectivity index (χ1) is 8.58.